The Labute approximate surface area is 107 Å². The van der Waals surface area contributed by atoms with Crippen LogP contribution in [0.25, 0.3) is 10.9 Å². The van der Waals surface area contributed by atoms with E-state index in [4.69, 9.17) is 5.73 Å². The van der Waals surface area contributed by atoms with Gasteiger partial charge < -0.3 is 15.6 Å². The van der Waals surface area contributed by atoms with Gasteiger partial charge in [0.05, 0.1) is 0 Å². The average molecular weight is 245 g/mol. The quantitative estimate of drug-likeness (QED) is 0.871. The first-order valence-electron chi connectivity index (χ1n) is 5.99. The molecule has 18 heavy (non-hydrogen) atoms. The molecule has 3 N–H and O–H groups in total. The normalized spacial score (nSPS) is 11.8. The highest BCUT2D eigenvalue weighted by molar-refractivity contribution is 5.94. The summed E-state index contributed by atoms with van der Waals surface area (Å²) in [6, 6.07) is 7.90. The summed E-state index contributed by atoms with van der Waals surface area (Å²) in [6.07, 6.45) is 2.30. The van der Waals surface area contributed by atoms with Crippen LogP contribution in [0.3, 0.4) is 0 Å². The van der Waals surface area contributed by atoms with Gasteiger partial charge in [-0.2, -0.15) is 0 Å². The Morgan fingerprint density at radius 3 is 2.78 bits per heavy atom. The molecule has 2 rings (SSSR count). The molecule has 0 aliphatic rings. The van der Waals surface area contributed by atoms with Gasteiger partial charge in [0.1, 0.15) is 0 Å². The third-order valence-electron chi connectivity index (χ3n) is 2.79. The first-order valence-corrected chi connectivity index (χ1v) is 5.99. The molecule has 1 amide bonds. The van der Waals surface area contributed by atoms with Gasteiger partial charge in [-0.25, -0.2) is 0 Å². The number of carbonyl (C=O) groups is 1. The van der Waals surface area contributed by atoms with Crippen molar-refractivity contribution in [3.8, 4) is 0 Å². The lowest BCUT2D eigenvalue weighted by Crippen LogP contribution is -2.36. The lowest BCUT2D eigenvalue weighted by molar-refractivity contribution is -0.117. The second kappa shape index (κ2) is 4.46. The molecule has 4 heteroatoms. The van der Waals surface area contributed by atoms with E-state index < -0.39 is 5.54 Å². The number of hydrogen-bond donors (Lipinski definition) is 2. The van der Waals surface area contributed by atoms with Crippen molar-refractivity contribution in [3.05, 3.63) is 30.5 Å². The summed E-state index contributed by atoms with van der Waals surface area (Å²) in [5.74, 6) is -0.0576. The zero-order valence-electron chi connectivity index (χ0n) is 11.0. The number of hydrogen-bond acceptors (Lipinski definition) is 2. The number of benzene rings is 1. The molecule has 0 saturated heterocycles. The van der Waals surface area contributed by atoms with E-state index in [1.807, 2.05) is 55.9 Å². The molecule has 0 radical (unpaired) electrons. The average Bonchev–Trinajstić information content (AvgIpc) is 2.57. The molecular weight excluding hydrogens is 226 g/mol. The highest BCUT2D eigenvalue weighted by Gasteiger charge is 2.16. The maximum atomic E-state index is 11.8. The van der Waals surface area contributed by atoms with Crippen LogP contribution in [0.1, 0.15) is 20.3 Å². The standard InChI is InChI=1S/C14H19N3O/c1-14(2,15)9-13(18)16-11-4-5-12-10(8-11)6-7-17(12)3/h4-8H,9,15H2,1-3H3,(H,16,18). The Bertz CT molecular complexity index is 578. The number of aryl methyl sites for hydroxylation is 1. The molecule has 96 valence electrons. The third kappa shape index (κ3) is 2.90. The summed E-state index contributed by atoms with van der Waals surface area (Å²) in [6.45, 7) is 3.68. The summed E-state index contributed by atoms with van der Waals surface area (Å²) >= 11 is 0. The van der Waals surface area contributed by atoms with Crippen molar-refractivity contribution < 1.29 is 4.79 Å². The Morgan fingerprint density at radius 2 is 2.11 bits per heavy atom. The van der Waals surface area contributed by atoms with Crippen LogP contribution >= 0.6 is 0 Å². The lowest BCUT2D eigenvalue weighted by atomic mass is 10.0. The van der Waals surface area contributed by atoms with Crippen LogP contribution in [0.15, 0.2) is 30.5 Å². The van der Waals surface area contributed by atoms with E-state index in [1.165, 1.54) is 0 Å². The van der Waals surface area contributed by atoms with E-state index in [0.717, 1.165) is 16.6 Å². The van der Waals surface area contributed by atoms with Crippen LogP contribution in [-0.4, -0.2) is 16.0 Å². The number of nitrogens with one attached hydrogen (secondary N) is 1. The molecule has 0 fully saturated rings. The maximum absolute atomic E-state index is 11.8. The van der Waals surface area contributed by atoms with E-state index in [1.54, 1.807) is 0 Å². The highest BCUT2D eigenvalue weighted by atomic mass is 16.1. The topological polar surface area (TPSA) is 60.0 Å². The summed E-state index contributed by atoms with van der Waals surface area (Å²) in [4.78, 5) is 11.8. The summed E-state index contributed by atoms with van der Waals surface area (Å²) in [5.41, 5.74) is 7.29. The van der Waals surface area contributed by atoms with Crippen LogP contribution in [0.5, 0.6) is 0 Å². The van der Waals surface area contributed by atoms with Crippen molar-refractivity contribution in [2.45, 2.75) is 25.8 Å². The second-order valence-corrected chi connectivity index (χ2v) is 5.41. The molecule has 1 aromatic carbocycles. The molecule has 2 aromatic rings. The van der Waals surface area contributed by atoms with Gasteiger partial charge in [-0.3, -0.25) is 4.79 Å². The first-order chi connectivity index (χ1) is 8.35. The first kappa shape index (κ1) is 12.6. The summed E-state index contributed by atoms with van der Waals surface area (Å²) < 4.78 is 2.05. The van der Waals surface area contributed by atoms with Crippen molar-refractivity contribution >= 4 is 22.5 Å². The fourth-order valence-electron chi connectivity index (χ4n) is 1.98. The minimum atomic E-state index is -0.485. The number of anilines is 1. The van der Waals surface area contributed by atoms with E-state index in [2.05, 4.69) is 5.32 Å². The van der Waals surface area contributed by atoms with Crippen LogP contribution in [0.2, 0.25) is 0 Å². The van der Waals surface area contributed by atoms with Gasteiger partial charge in [-0.15, -0.1) is 0 Å². The zero-order valence-corrected chi connectivity index (χ0v) is 11.0. The van der Waals surface area contributed by atoms with Crippen LogP contribution in [0.4, 0.5) is 5.69 Å². The van der Waals surface area contributed by atoms with Crippen molar-refractivity contribution in [2.24, 2.45) is 12.8 Å². The molecule has 1 heterocycles. The minimum absolute atomic E-state index is 0.0576. The monoisotopic (exact) mass is 245 g/mol. The molecule has 0 atom stereocenters. The van der Waals surface area contributed by atoms with Crippen molar-refractivity contribution in [2.75, 3.05) is 5.32 Å². The molecular formula is C14H19N3O. The van der Waals surface area contributed by atoms with Gasteiger partial charge in [0.2, 0.25) is 5.91 Å². The van der Waals surface area contributed by atoms with Gasteiger partial charge in [0.25, 0.3) is 0 Å². The van der Waals surface area contributed by atoms with E-state index in [9.17, 15) is 4.79 Å². The minimum Gasteiger partial charge on any atom is -0.351 e. The molecule has 1 aromatic heterocycles. The number of amides is 1. The molecule has 0 saturated carbocycles. The van der Waals surface area contributed by atoms with Gasteiger partial charge in [0.15, 0.2) is 0 Å². The van der Waals surface area contributed by atoms with Gasteiger partial charge in [-0.05, 0) is 38.1 Å². The zero-order chi connectivity index (χ0) is 13.3. The molecule has 4 nitrogen and oxygen atoms in total. The maximum Gasteiger partial charge on any atom is 0.226 e. The summed E-state index contributed by atoms with van der Waals surface area (Å²) in [5, 5.41) is 3.98. The molecule has 0 bridgehead atoms. The van der Waals surface area contributed by atoms with Crippen LogP contribution in [-0.2, 0) is 11.8 Å². The second-order valence-electron chi connectivity index (χ2n) is 5.41. The third-order valence-corrected chi connectivity index (χ3v) is 2.79. The predicted octanol–water partition coefficient (Wildman–Crippen LogP) is 2.24. The fraction of sp³-hybridized carbons (Fsp3) is 0.357. The number of carbonyl (C=O) groups excluding carboxylic acids is 1. The van der Waals surface area contributed by atoms with Crippen molar-refractivity contribution in [1.29, 1.82) is 0 Å². The number of nitrogens with zero attached hydrogens (tertiary/aromatic N) is 1. The lowest BCUT2D eigenvalue weighted by Gasteiger charge is -2.17. The van der Waals surface area contributed by atoms with E-state index >= 15 is 0 Å². The van der Waals surface area contributed by atoms with Crippen LogP contribution in [0, 0.1) is 0 Å². The fourth-order valence-corrected chi connectivity index (χ4v) is 1.98. The largest absolute Gasteiger partial charge is 0.351 e. The predicted molar refractivity (Wildman–Crippen MR) is 74.4 cm³/mol. The molecule has 0 unspecified atom stereocenters. The summed E-state index contributed by atoms with van der Waals surface area (Å²) in [7, 11) is 2.00. The van der Waals surface area contributed by atoms with Crippen LogP contribution < -0.4 is 11.1 Å². The number of rotatable bonds is 3. The Hall–Kier alpha value is -1.81. The van der Waals surface area contributed by atoms with Gasteiger partial charge >= 0.3 is 0 Å². The SMILES string of the molecule is Cn1ccc2cc(NC(=O)CC(C)(C)N)ccc21. The Balaban J connectivity index is 2.15. The van der Waals surface area contributed by atoms with E-state index in [0.29, 0.717) is 6.42 Å². The molecule has 0 aliphatic heterocycles. The number of nitrogens with two attached hydrogens (primary N) is 1. The van der Waals surface area contributed by atoms with Gasteiger partial charge in [0, 0.05) is 41.8 Å². The smallest absolute Gasteiger partial charge is 0.226 e. The molecule has 0 aliphatic carbocycles. The van der Waals surface area contributed by atoms with Crippen molar-refractivity contribution in [1.82, 2.24) is 4.57 Å². The Morgan fingerprint density at radius 1 is 1.39 bits per heavy atom. The van der Waals surface area contributed by atoms with Crippen molar-refractivity contribution in [3.63, 3.8) is 0 Å². The highest BCUT2D eigenvalue weighted by Crippen LogP contribution is 2.20. The Kier molecular flexibility index (Phi) is 3.13. The number of aromatic nitrogens is 1. The number of fused-ring (bicyclic) bond motifs is 1. The van der Waals surface area contributed by atoms with Gasteiger partial charge in [-0.1, -0.05) is 0 Å². The molecule has 0 spiro atoms. The van der Waals surface area contributed by atoms with E-state index in [-0.39, 0.29) is 5.91 Å².